The van der Waals surface area contributed by atoms with Crippen LogP contribution < -0.4 is 0 Å². The number of aliphatic hydroxyl groups excluding tert-OH is 1. The molecule has 0 bridgehead atoms. The number of nitrogens with zero attached hydrogens (tertiary/aromatic N) is 1. The van der Waals surface area contributed by atoms with E-state index in [0.717, 1.165) is 12.4 Å². The maximum Gasteiger partial charge on any atom is 0.356 e. The number of hydrogen-bond donors (Lipinski definition) is 3. The minimum atomic E-state index is -1.50. The van der Waals surface area contributed by atoms with Gasteiger partial charge in [-0.1, -0.05) is 11.6 Å². The van der Waals surface area contributed by atoms with Crippen molar-refractivity contribution in [1.29, 1.82) is 0 Å². The van der Waals surface area contributed by atoms with Gasteiger partial charge in [0.1, 0.15) is 11.9 Å². The van der Waals surface area contributed by atoms with Crippen molar-refractivity contribution in [1.82, 2.24) is 9.97 Å². The molecule has 2 aromatic rings. The van der Waals surface area contributed by atoms with Crippen LogP contribution in [0.1, 0.15) is 27.8 Å². The molecular formula is C11H7BrClFN2O3. The highest BCUT2D eigenvalue weighted by Gasteiger charge is 2.24. The highest BCUT2D eigenvalue weighted by molar-refractivity contribution is 9.10. The molecule has 1 unspecified atom stereocenters. The van der Waals surface area contributed by atoms with Gasteiger partial charge in [-0.15, -0.1) is 0 Å². The zero-order chi connectivity index (χ0) is 14.2. The van der Waals surface area contributed by atoms with Crippen LogP contribution >= 0.6 is 27.5 Å². The number of imidazole rings is 1. The Labute approximate surface area is 120 Å². The summed E-state index contributed by atoms with van der Waals surface area (Å²) in [4.78, 5) is 16.9. The third-order valence-corrected chi connectivity index (χ3v) is 3.68. The van der Waals surface area contributed by atoms with E-state index in [2.05, 4.69) is 25.9 Å². The van der Waals surface area contributed by atoms with Crippen molar-refractivity contribution in [2.45, 2.75) is 6.10 Å². The number of rotatable bonds is 3. The number of H-pyrrole nitrogens is 1. The molecule has 0 spiro atoms. The summed E-state index contributed by atoms with van der Waals surface area (Å²) in [5.74, 6) is -2.03. The summed E-state index contributed by atoms with van der Waals surface area (Å²) in [5.41, 5.74) is -0.615. The molecule has 0 aliphatic rings. The van der Waals surface area contributed by atoms with E-state index in [4.69, 9.17) is 16.7 Å². The number of halogens is 3. The summed E-state index contributed by atoms with van der Waals surface area (Å²) >= 11 is 8.87. The Kier molecular flexibility index (Phi) is 3.88. The van der Waals surface area contributed by atoms with Crippen molar-refractivity contribution in [2.24, 2.45) is 0 Å². The molecular weight excluding hydrogens is 342 g/mol. The predicted octanol–water partition coefficient (Wildman–Crippen LogP) is 2.74. The maximum absolute atomic E-state index is 13.8. The first-order valence-corrected chi connectivity index (χ1v) is 6.18. The van der Waals surface area contributed by atoms with Crippen molar-refractivity contribution in [2.75, 3.05) is 0 Å². The Bertz CT molecular complexity index is 647. The lowest BCUT2D eigenvalue weighted by Gasteiger charge is -2.12. The Hall–Kier alpha value is -1.44. The van der Waals surface area contributed by atoms with Crippen LogP contribution in [-0.2, 0) is 0 Å². The highest BCUT2D eigenvalue weighted by atomic mass is 79.9. The first kappa shape index (κ1) is 14.0. The molecule has 0 aliphatic carbocycles. The number of aromatic nitrogens is 2. The predicted molar refractivity (Wildman–Crippen MR) is 68.7 cm³/mol. The molecule has 1 heterocycles. The van der Waals surface area contributed by atoms with Crippen LogP contribution in [0.4, 0.5) is 4.39 Å². The quantitative estimate of drug-likeness (QED) is 0.744. The second-order valence-electron chi connectivity index (χ2n) is 3.66. The van der Waals surface area contributed by atoms with E-state index in [0.29, 0.717) is 4.47 Å². The summed E-state index contributed by atoms with van der Waals surface area (Å²) in [6.45, 7) is 0. The highest BCUT2D eigenvalue weighted by Crippen LogP contribution is 2.31. The lowest BCUT2D eigenvalue weighted by atomic mass is 10.0. The van der Waals surface area contributed by atoms with Gasteiger partial charge in [-0.25, -0.2) is 14.2 Å². The molecule has 0 radical (unpaired) electrons. The summed E-state index contributed by atoms with van der Waals surface area (Å²) < 4.78 is 14.1. The van der Waals surface area contributed by atoms with Gasteiger partial charge >= 0.3 is 5.97 Å². The van der Waals surface area contributed by atoms with Crippen LogP contribution in [-0.4, -0.2) is 26.2 Å². The van der Waals surface area contributed by atoms with E-state index in [1.165, 1.54) is 6.07 Å². The molecule has 0 amide bonds. The van der Waals surface area contributed by atoms with Crippen LogP contribution in [0, 0.1) is 5.82 Å². The van der Waals surface area contributed by atoms with Gasteiger partial charge in [-0.2, -0.15) is 0 Å². The summed E-state index contributed by atoms with van der Waals surface area (Å²) in [5, 5.41) is 19.2. The second-order valence-corrected chi connectivity index (χ2v) is 4.92. The fraction of sp³-hybridized carbons (Fsp3) is 0.0909. The minimum Gasteiger partial charge on any atom is -0.476 e. The van der Waals surface area contributed by atoms with Gasteiger partial charge in [0.25, 0.3) is 0 Å². The number of carboxylic acids is 1. The molecule has 100 valence electrons. The van der Waals surface area contributed by atoms with Gasteiger partial charge in [-0.05, 0) is 28.1 Å². The zero-order valence-electron chi connectivity index (χ0n) is 9.19. The van der Waals surface area contributed by atoms with Gasteiger partial charge in [0.2, 0.25) is 0 Å². The third kappa shape index (κ3) is 2.63. The summed E-state index contributed by atoms with van der Waals surface area (Å²) in [7, 11) is 0. The lowest BCUT2D eigenvalue weighted by Crippen LogP contribution is -2.09. The number of hydrogen-bond acceptors (Lipinski definition) is 3. The summed E-state index contributed by atoms with van der Waals surface area (Å²) in [6, 6.07) is 2.32. The molecule has 0 saturated carbocycles. The second kappa shape index (κ2) is 5.28. The molecule has 19 heavy (non-hydrogen) atoms. The summed E-state index contributed by atoms with van der Waals surface area (Å²) in [6.07, 6.45) is -0.389. The van der Waals surface area contributed by atoms with E-state index < -0.39 is 17.9 Å². The lowest BCUT2D eigenvalue weighted by molar-refractivity contribution is 0.0685. The number of carboxylic acid groups (broad SMARTS) is 1. The van der Waals surface area contributed by atoms with Crippen LogP contribution in [0.2, 0.25) is 5.02 Å². The smallest absolute Gasteiger partial charge is 0.356 e. The SMILES string of the molecule is O=C(O)c1nc[nH]c1C(O)c1cc(Cl)c(Br)cc1F. The van der Waals surface area contributed by atoms with Crippen LogP contribution in [0.15, 0.2) is 22.9 Å². The van der Waals surface area contributed by atoms with Crippen molar-refractivity contribution in [3.63, 3.8) is 0 Å². The molecule has 0 saturated heterocycles. The fourth-order valence-corrected chi connectivity index (χ4v) is 2.07. The molecule has 0 aliphatic heterocycles. The van der Waals surface area contributed by atoms with Gasteiger partial charge < -0.3 is 15.2 Å². The standard InChI is InChI=1S/C11H7BrClFN2O3/c12-5-2-7(14)4(1-6(5)13)10(17)8-9(11(18)19)16-3-15-8/h1-3,10,17H,(H,15,16)(H,18,19). The van der Waals surface area contributed by atoms with Gasteiger partial charge in [-0.3, -0.25) is 0 Å². The van der Waals surface area contributed by atoms with Crippen molar-refractivity contribution in [3.05, 3.63) is 50.7 Å². The first-order valence-electron chi connectivity index (χ1n) is 5.01. The molecule has 0 fully saturated rings. The van der Waals surface area contributed by atoms with Crippen molar-refractivity contribution >= 4 is 33.5 Å². The third-order valence-electron chi connectivity index (χ3n) is 2.48. The molecule has 2 rings (SSSR count). The zero-order valence-corrected chi connectivity index (χ0v) is 11.5. The topological polar surface area (TPSA) is 86.2 Å². The van der Waals surface area contributed by atoms with E-state index in [1.54, 1.807) is 0 Å². The molecule has 1 aromatic carbocycles. The molecule has 1 atom stereocenters. The average Bonchev–Trinajstić information content (AvgIpc) is 2.82. The Morgan fingerprint density at radius 1 is 1.53 bits per heavy atom. The molecule has 8 heteroatoms. The van der Waals surface area contributed by atoms with E-state index >= 15 is 0 Å². The van der Waals surface area contributed by atoms with E-state index in [1.807, 2.05) is 0 Å². The number of aromatic amines is 1. The normalized spacial score (nSPS) is 12.4. The fourth-order valence-electron chi connectivity index (χ4n) is 1.59. The minimum absolute atomic E-state index is 0.107. The van der Waals surface area contributed by atoms with Crippen molar-refractivity contribution < 1.29 is 19.4 Å². The van der Waals surface area contributed by atoms with Crippen LogP contribution in [0.5, 0.6) is 0 Å². The van der Waals surface area contributed by atoms with Gasteiger partial charge in [0.05, 0.1) is 17.0 Å². The Morgan fingerprint density at radius 2 is 2.21 bits per heavy atom. The monoisotopic (exact) mass is 348 g/mol. The van der Waals surface area contributed by atoms with Crippen molar-refractivity contribution in [3.8, 4) is 0 Å². The van der Waals surface area contributed by atoms with Gasteiger partial charge in [0.15, 0.2) is 5.69 Å². The molecule has 3 N–H and O–H groups in total. The largest absolute Gasteiger partial charge is 0.476 e. The van der Waals surface area contributed by atoms with Crippen LogP contribution in [0.25, 0.3) is 0 Å². The van der Waals surface area contributed by atoms with E-state index in [-0.39, 0.29) is 22.0 Å². The molecule has 5 nitrogen and oxygen atoms in total. The maximum atomic E-state index is 13.8. The number of aliphatic hydroxyl groups is 1. The number of carbonyl (C=O) groups is 1. The Balaban J connectivity index is 2.50. The average molecular weight is 350 g/mol. The Morgan fingerprint density at radius 3 is 2.84 bits per heavy atom. The number of aromatic carboxylic acids is 1. The first-order chi connectivity index (χ1) is 8.91. The number of benzene rings is 1. The van der Waals surface area contributed by atoms with E-state index in [9.17, 15) is 14.3 Å². The molecule has 1 aromatic heterocycles. The number of nitrogens with one attached hydrogen (secondary N) is 1. The van der Waals surface area contributed by atoms with Gasteiger partial charge in [0, 0.05) is 10.0 Å². The van der Waals surface area contributed by atoms with Crippen LogP contribution in [0.3, 0.4) is 0 Å².